The fraction of sp³-hybridized carbons (Fsp3) is 0.556. The fourth-order valence-corrected chi connectivity index (χ4v) is 6.39. The van der Waals surface area contributed by atoms with Crippen molar-refractivity contribution < 1.29 is 18.3 Å². The van der Waals surface area contributed by atoms with Crippen LogP contribution in [-0.2, 0) is 11.2 Å². The van der Waals surface area contributed by atoms with Crippen LogP contribution in [0.25, 0.3) is 10.4 Å². The van der Waals surface area contributed by atoms with Gasteiger partial charge in [0.2, 0.25) is 0 Å². The largest absolute Gasteiger partial charge is 0.381 e. The predicted octanol–water partition coefficient (Wildman–Crippen LogP) is 2.14. The lowest BCUT2D eigenvalue weighted by molar-refractivity contribution is 0.00523. The Labute approximate surface area is 157 Å². The molecule has 0 spiro atoms. The molecule has 9 heteroatoms. The molecule has 0 unspecified atom stereocenters. The second-order valence-corrected chi connectivity index (χ2v) is 9.03. The molecule has 3 aliphatic heterocycles. The first kappa shape index (κ1) is 16.0. The van der Waals surface area contributed by atoms with E-state index in [1.807, 2.05) is 0 Å². The van der Waals surface area contributed by atoms with E-state index in [1.165, 1.54) is 11.3 Å². The third kappa shape index (κ3) is 2.30. The molecule has 0 bridgehead atoms. The van der Waals surface area contributed by atoms with Gasteiger partial charge in [-0.3, -0.25) is 9.89 Å². The van der Waals surface area contributed by atoms with Crippen LogP contribution in [0.5, 0.6) is 0 Å². The van der Waals surface area contributed by atoms with Crippen molar-refractivity contribution in [3.8, 4) is 10.4 Å². The summed E-state index contributed by atoms with van der Waals surface area (Å²) in [4.78, 5) is 16.0. The van der Waals surface area contributed by atoms with Gasteiger partial charge in [0.05, 0.1) is 37.7 Å². The highest BCUT2D eigenvalue weighted by atomic mass is 32.1. The Kier molecular flexibility index (Phi) is 3.13. The van der Waals surface area contributed by atoms with E-state index >= 15 is 0 Å². The van der Waals surface area contributed by atoms with Crippen molar-refractivity contribution in [2.24, 2.45) is 17.8 Å². The van der Waals surface area contributed by atoms with Crippen molar-refractivity contribution in [1.29, 1.82) is 0 Å². The maximum atomic E-state index is 14.6. The number of amides is 1. The number of nitrogens with one attached hydrogen (secondary N) is 2. The summed E-state index contributed by atoms with van der Waals surface area (Å²) in [6.45, 7) is 1.53. The van der Waals surface area contributed by atoms with E-state index in [9.17, 15) is 13.6 Å². The van der Waals surface area contributed by atoms with Crippen molar-refractivity contribution in [2.45, 2.75) is 18.4 Å². The van der Waals surface area contributed by atoms with Gasteiger partial charge >= 0.3 is 0 Å². The maximum Gasteiger partial charge on any atom is 0.269 e. The van der Waals surface area contributed by atoms with E-state index in [1.54, 1.807) is 17.3 Å². The molecular weight excluding hydrogens is 374 g/mol. The molecule has 0 aromatic carbocycles. The van der Waals surface area contributed by atoms with Gasteiger partial charge < -0.3 is 15.0 Å². The van der Waals surface area contributed by atoms with Crippen LogP contribution < -0.4 is 10.2 Å². The first-order valence-corrected chi connectivity index (χ1v) is 10.00. The molecule has 1 amide bonds. The summed E-state index contributed by atoms with van der Waals surface area (Å²) in [5.74, 6) is -1.71. The Morgan fingerprint density at radius 2 is 2.11 bits per heavy atom. The predicted molar refractivity (Wildman–Crippen MR) is 95.3 cm³/mol. The van der Waals surface area contributed by atoms with Gasteiger partial charge in [0, 0.05) is 35.2 Å². The lowest BCUT2D eigenvalue weighted by atomic mass is 9.97. The number of nitrogens with zero attached hydrogens (tertiary/aromatic N) is 2. The second-order valence-electron chi connectivity index (χ2n) is 8.01. The number of carbonyl (C=O) groups excluding carboxylic acids is 1. The Hall–Kier alpha value is -2.00. The quantitative estimate of drug-likeness (QED) is 0.822. The maximum absolute atomic E-state index is 14.6. The van der Waals surface area contributed by atoms with E-state index in [0.29, 0.717) is 45.3 Å². The number of aromatic nitrogens is 2. The Morgan fingerprint density at radius 3 is 2.85 bits per heavy atom. The summed E-state index contributed by atoms with van der Waals surface area (Å²) in [5.41, 5.74) is 2.02. The second kappa shape index (κ2) is 5.29. The van der Waals surface area contributed by atoms with Crippen molar-refractivity contribution in [3.05, 3.63) is 22.8 Å². The Balaban J connectivity index is 1.43. The number of hydrogen-bond acceptors (Lipinski definition) is 5. The molecule has 142 valence electrons. The first-order valence-electron chi connectivity index (χ1n) is 9.18. The monoisotopic (exact) mass is 392 g/mol. The average Bonchev–Trinajstić information content (AvgIpc) is 3.07. The van der Waals surface area contributed by atoms with Crippen LogP contribution in [0.1, 0.15) is 15.2 Å². The minimum Gasteiger partial charge on any atom is -0.381 e. The Morgan fingerprint density at radius 1 is 1.30 bits per heavy atom. The smallest absolute Gasteiger partial charge is 0.269 e. The van der Waals surface area contributed by atoms with E-state index in [-0.39, 0.29) is 24.9 Å². The van der Waals surface area contributed by atoms with Gasteiger partial charge in [0.15, 0.2) is 0 Å². The van der Waals surface area contributed by atoms with Crippen molar-refractivity contribution >= 4 is 22.9 Å². The number of carbonyl (C=O) groups is 1. The highest BCUT2D eigenvalue weighted by molar-refractivity contribution is 7.18. The highest BCUT2D eigenvalue weighted by Gasteiger charge is 2.59. The van der Waals surface area contributed by atoms with E-state index in [0.717, 1.165) is 18.8 Å². The molecule has 2 N–H and O–H groups in total. The van der Waals surface area contributed by atoms with Crippen LogP contribution >= 0.6 is 11.3 Å². The minimum atomic E-state index is -2.82. The molecule has 2 fully saturated rings. The number of rotatable bonds is 2. The molecule has 5 heterocycles. The van der Waals surface area contributed by atoms with Crippen molar-refractivity contribution in [2.75, 3.05) is 31.2 Å². The summed E-state index contributed by atoms with van der Waals surface area (Å²) >= 11 is 1.29. The van der Waals surface area contributed by atoms with Crippen LogP contribution in [0.15, 0.2) is 12.4 Å². The lowest BCUT2D eigenvalue weighted by Crippen LogP contribution is -2.49. The fourth-order valence-electron chi connectivity index (χ4n) is 5.16. The van der Waals surface area contributed by atoms with E-state index < -0.39 is 5.92 Å². The van der Waals surface area contributed by atoms with Gasteiger partial charge in [0.25, 0.3) is 11.8 Å². The number of fused-ring (bicyclic) bond motifs is 1. The average molecular weight is 392 g/mol. The number of anilines is 1. The van der Waals surface area contributed by atoms with Crippen LogP contribution in [0.4, 0.5) is 14.5 Å². The SMILES string of the molecule is O=C1N[C@@H]([C@@H]2[C@@H]3COC[C@@H]32)CN2CC(F)(F)Cc3c(-c4cn[nH]c4)sc1c32. The summed E-state index contributed by atoms with van der Waals surface area (Å²) < 4.78 is 34.6. The number of H-pyrrole nitrogens is 1. The molecule has 2 aromatic rings. The molecular formula is C18H18F2N4O2S. The molecule has 6 rings (SSSR count). The number of halogens is 2. The molecule has 4 aliphatic rings. The zero-order valence-corrected chi connectivity index (χ0v) is 15.2. The minimum absolute atomic E-state index is 0.102. The molecule has 1 saturated heterocycles. The third-order valence-electron chi connectivity index (χ3n) is 6.34. The lowest BCUT2D eigenvalue weighted by Gasteiger charge is -2.36. The highest BCUT2D eigenvalue weighted by Crippen LogP contribution is 2.54. The third-order valence-corrected chi connectivity index (χ3v) is 7.61. The standard InChI is InChI=1S/C18H18F2N4O2S/c19-18(20)1-9-14-16(27-15(9)8-2-21-22-3-8)17(25)23-12(4-24(14)7-18)13-10-5-26-6-11(10)13/h2-3,10-13H,1,4-7H2,(H,21,22)(H,23,25)/t10-,11+,12-,13-/m1/s1. The van der Waals surface area contributed by atoms with Gasteiger partial charge in [-0.2, -0.15) is 5.10 Å². The van der Waals surface area contributed by atoms with Crippen molar-refractivity contribution in [1.82, 2.24) is 15.5 Å². The van der Waals surface area contributed by atoms with E-state index in [2.05, 4.69) is 15.5 Å². The summed E-state index contributed by atoms with van der Waals surface area (Å²) in [6.07, 6.45) is 2.96. The van der Waals surface area contributed by atoms with Crippen LogP contribution in [0, 0.1) is 17.8 Å². The van der Waals surface area contributed by atoms with Gasteiger partial charge in [-0.25, -0.2) is 8.78 Å². The van der Waals surface area contributed by atoms with Gasteiger partial charge in [-0.1, -0.05) is 0 Å². The van der Waals surface area contributed by atoms with Crippen LogP contribution in [0.2, 0.25) is 0 Å². The molecule has 2 aromatic heterocycles. The zero-order valence-electron chi connectivity index (χ0n) is 14.4. The van der Waals surface area contributed by atoms with E-state index in [4.69, 9.17) is 4.74 Å². The molecule has 1 saturated carbocycles. The number of alkyl halides is 2. The number of thiophene rings is 1. The van der Waals surface area contributed by atoms with Crippen LogP contribution in [0.3, 0.4) is 0 Å². The zero-order chi connectivity index (χ0) is 18.3. The molecule has 4 atom stereocenters. The summed E-state index contributed by atoms with van der Waals surface area (Å²) in [6, 6.07) is -0.102. The molecule has 1 aliphatic carbocycles. The number of ether oxygens (including phenoxy) is 1. The number of hydrogen-bond donors (Lipinski definition) is 2. The molecule has 27 heavy (non-hydrogen) atoms. The Bertz CT molecular complexity index is 918. The van der Waals surface area contributed by atoms with Gasteiger partial charge in [-0.05, 0) is 17.8 Å². The number of aromatic amines is 1. The first-order chi connectivity index (χ1) is 13.0. The van der Waals surface area contributed by atoms with Gasteiger partial charge in [-0.15, -0.1) is 11.3 Å². The normalized spacial score (nSPS) is 33.3. The molecule has 6 nitrogen and oxygen atoms in total. The van der Waals surface area contributed by atoms with Crippen LogP contribution in [-0.4, -0.2) is 54.4 Å². The van der Waals surface area contributed by atoms with Gasteiger partial charge in [0.1, 0.15) is 4.88 Å². The summed E-state index contributed by atoms with van der Waals surface area (Å²) in [5, 5.41) is 9.80. The molecule has 0 radical (unpaired) electrons. The topological polar surface area (TPSA) is 70.2 Å². The summed E-state index contributed by atoms with van der Waals surface area (Å²) in [7, 11) is 0. The van der Waals surface area contributed by atoms with Crippen molar-refractivity contribution in [3.63, 3.8) is 0 Å².